The van der Waals surface area contributed by atoms with Gasteiger partial charge in [0.1, 0.15) is 19.7 Å². The zero-order valence-electron chi connectivity index (χ0n) is 14.7. The number of nitrogens with zero attached hydrogens (tertiary/aromatic N) is 1. The minimum absolute atomic E-state index is 0.405. The molecule has 2 N–H and O–H groups in total. The quantitative estimate of drug-likeness (QED) is 0.660. The fraction of sp³-hybridized carbons (Fsp3) is 0.190. The Morgan fingerprint density at radius 1 is 0.962 bits per heavy atom. The number of halogens is 1. The van der Waals surface area contributed by atoms with Crippen LogP contribution in [0.2, 0.25) is 5.02 Å². The van der Waals surface area contributed by atoms with Crippen LogP contribution >= 0.6 is 11.6 Å². The number of benzene rings is 2. The zero-order valence-corrected chi connectivity index (χ0v) is 15.4. The smallest absolute Gasteiger partial charge is 0.161 e. The van der Waals surface area contributed by atoms with Crippen LogP contribution in [0.15, 0.2) is 67.0 Å². The lowest BCUT2D eigenvalue weighted by molar-refractivity contribution is -0.686. The van der Waals surface area contributed by atoms with Crippen LogP contribution in [0.3, 0.4) is 0 Å². The molecule has 0 radical (unpaired) electrons. The topological polar surface area (TPSA) is 48.0 Å². The fourth-order valence-electron chi connectivity index (χ4n) is 2.65. The highest BCUT2D eigenvalue weighted by Crippen LogP contribution is 2.29. The van der Waals surface area contributed by atoms with Gasteiger partial charge < -0.3 is 14.8 Å². The summed E-state index contributed by atoms with van der Waals surface area (Å²) in [6.07, 6.45) is 3.68. The monoisotopic (exact) mass is 369 g/mol. The van der Waals surface area contributed by atoms with Crippen molar-refractivity contribution in [1.29, 1.82) is 0 Å². The first-order valence-electron chi connectivity index (χ1n) is 8.50. The SMILES string of the molecule is COc1cc(C[NH2+]Cc2cccnc2)ccc1OCc1ccccc1Cl. The minimum Gasteiger partial charge on any atom is -0.493 e. The van der Waals surface area contributed by atoms with Gasteiger partial charge in [-0.3, -0.25) is 4.98 Å². The number of hydrogen-bond acceptors (Lipinski definition) is 3. The van der Waals surface area contributed by atoms with Crippen molar-refractivity contribution in [3.8, 4) is 11.5 Å². The summed E-state index contributed by atoms with van der Waals surface area (Å²) in [5.74, 6) is 1.44. The maximum atomic E-state index is 6.18. The largest absolute Gasteiger partial charge is 0.493 e. The lowest BCUT2D eigenvalue weighted by Crippen LogP contribution is -2.80. The molecule has 0 saturated heterocycles. The molecule has 5 heteroatoms. The first kappa shape index (κ1) is 18.2. The Hall–Kier alpha value is -2.56. The summed E-state index contributed by atoms with van der Waals surface area (Å²) in [5.41, 5.74) is 3.33. The third-order valence-corrected chi connectivity index (χ3v) is 4.42. The summed E-state index contributed by atoms with van der Waals surface area (Å²) in [6.45, 7) is 2.15. The molecular formula is C21H22ClN2O2+. The third-order valence-electron chi connectivity index (χ3n) is 4.05. The van der Waals surface area contributed by atoms with Gasteiger partial charge in [-0.2, -0.15) is 0 Å². The van der Waals surface area contributed by atoms with Crippen LogP contribution in [-0.2, 0) is 19.7 Å². The van der Waals surface area contributed by atoms with Gasteiger partial charge in [0.15, 0.2) is 11.5 Å². The van der Waals surface area contributed by atoms with Crippen molar-refractivity contribution in [2.45, 2.75) is 19.7 Å². The van der Waals surface area contributed by atoms with Crippen LogP contribution in [-0.4, -0.2) is 12.1 Å². The lowest BCUT2D eigenvalue weighted by atomic mass is 10.2. The van der Waals surface area contributed by atoms with E-state index in [0.717, 1.165) is 24.4 Å². The van der Waals surface area contributed by atoms with Crippen LogP contribution < -0.4 is 14.8 Å². The average molecular weight is 370 g/mol. The third kappa shape index (κ3) is 4.97. The first-order chi connectivity index (χ1) is 12.8. The second-order valence-corrected chi connectivity index (χ2v) is 6.33. The summed E-state index contributed by atoms with van der Waals surface area (Å²) in [7, 11) is 1.65. The number of methoxy groups -OCH3 is 1. The van der Waals surface area contributed by atoms with Crippen molar-refractivity contribution in [1.82, 2.24) is 4.98 Å². The van der Waals surface area contributed by atoms with E-state index in [-0.39, 0.29) is 0 Å². The number of nitrogens with two attached hydrogens (primary N) is 1. The number of rotatable bonds is 8. The summed E-state index contributed by atoms with van der Waals surface area (Å²) >= 11 is 6.18. The predicted octanol–water partition coefficient (Wildman–Crippen LogP) is 3.59. The Labute approximate surface area is 158 Å². The zero-order chi connectivity index (χ0) is 18.2. The molecule has 0 atom stereocenters. The molecule has 0 aliphatic heterocycles. The predicted molar refractivity (Wildman–Crippen MR) is 102 cm³/mol. The highest BCUT2D eigenvalue weighted by molar-refractivity contribution is 6.31. The van der Waals surface area contributed by atoms with Gasteiger partial charge in [0, 0.05) is 34.1 Å². The molecule has 0 unspecified atom stereocenters. The molecule has 134 valence electrons. The standard InChI is InChI=1S/C21H21ClN2O2/c1-25-21-11-16(12-24-14-17-5-4-10-23-13-17)8-9-20(21)26-15-18-6-2-3-7-19(18)22/h2-11,13,24H,12,14-15H2,1H3/p+1. The Bertz CT molecular complexity index is 840. The van der Waals surface area contributed by atoms with Gasteiger partial charge in [0.25, 0.3) is 0 Å². The summed E-state index contributed by atoms with van der Waals surface area (Å²) in [5, 5.41) is 2.93. The van der Waals surface area contributed by atoms with Gasteiger partial charge >= 0.3 is 0 Å². The Morgan fingerprint density at radius 3 is 2.58 bits per heavy atom. The number of ether oxygens (including phenoxy) is 2. The van der Waals surface area contributed by atoms with E-state index in [9.17, 15) is 0 Å². The van der Waals surface area contributed by atoms with Gasteiger partial charge in [-0.05, 0) is 30.3 Å². The maximum Gasteiger partial charge on any atom is 0.161 e. The van der Waals surface area contributed by atoms with E-state index in [0.29, 0.717) is 17.4 Å². The van der Waals surface area contributed by atoms with Crippen molar-refractivity contribution in [2.75, 3.05) is 7.11 Å². The van der Waals surface area contributed by atoms with Crippen LogP contribution in [0, 0.1) is 0 Å². The lowest BCUT2D eigenvalue weighted by Gasteiger charge is -2.12. The molecule has 0 aliphatic carbocycles. The van der Waals surface area contributed by atoms with E-state index in [1.165, 1.54) is 11.1 Å². The Balaban J connectivity index is 1.59. The van der Waals surface area contributed by atoms with Gasteiger partial charge in [-0.1, -0.05) is 35.9 Å². The van der Waals surface area contributed by atoms with Crippen molar-refractivity contribution < 1.29 is 14.8 Å². The van der Waals surface area contributed by atoms with Crippen LogP contribution in [0.4, 0.5) is 0 Å². The summed E-state index contributed by atoms with van der Waals surface area (Å²) < 4.78 is 11.4. The molecule has 0 aliphatic rings. The average Bonchev–Trinajstić information content (AvgIpc) is 2.68. The maximum absolute atomic E-state index is 6.18. The van der Waals surface area contributed by atoms with E-state index in [1.54, 1.807) is 13.3 Å². The van der Waals surface area contributed by atoms with E-state index in [4.69, 9.17) is 21.1 Å². The number of pyridine rings is 1. The summed E-state index contributed by atoms with van der Waals surface area (Å²) in [6, 6.07) is 17.7. The molecule has 4 nitrogen and oxygen atoms in total. The van der Waals surface area contributed by atoms with Crippen LogP contribution in [0.1, 0.15) is 16.7 Å². The van der Waals surface area contributed by atoms with E-state index in [1.807, 2.05) is 48.7 Å². The Morgan fingerprint density at radius 2 is 1.81 bits per heavy atom. The van der Waals surface area contributed by atoms with E-state index < -0.39 is 0 Å². The van der Waals surface area contributed by atoms with Crippen molar-refractivity contribution in [2.24, 2.45) is 0 Å². The number of hydrogen-bond donors (Lipinski definition) is 1. The van der Waals surface area contributed by atoms with E-state index in [2.05, 4.69) is 22.4 Å². The van der Waals surface area contributed by atoms with Crippen molar-refractivity contribution >= 4 is 11.6 Å². The molecule has 0 saturated carbocycles. The van der Waals surface area contributed by atoms with Crippen molar-refractivity contribution in [3.63, 3.8) is 0 Å². The molecule has 0 bridgehead atoms. The molecule has 3 aromatic rings. The second-order valence-electron chi connectivity index (χ2n) is 5.92. The van der Waals surface area contributed by atoms with Crippen LogP contribution in [0.5, 0.6) is 11.5 Å². The fourth-order valence-corrected chi connectivity index (χ4v) is 2.84. The van der Waals surface area contributed by atoms with Gasteiger partial charge in [-0.25, -0.2) is 0 Å². The Kier molecular flexibility index (Phi) is 6.47. The molecule has 26 heavy (non-hydrogen) atoms. The highest BCUT2D eigenvalue weighted by Gasteiger charge is 2.08. The molecular weight excluding hydrogens is 348 g/mol. The second kappa shape index (κ2) is 9.22. The van der Waals surface area contributed by atoms with Crippen LogP contribution in [0.25, 0.3) is 0 Å². The van der Waals surface area contributed by atoms with Gasteiger partial charge in [-0.15, -0.1) is 0 Å². The minimum atomic E-state index is 0.405. The molecule has 0 spiro atoms. The molecule has 1 aromatic heterocycles. The number of quaternary nitrogens is 1. The van der Waals surface area contributed by atoms with E-state index >= 15 is 0 Å². The normalized spacial score (nSPS) is 10.5. The first-order valence-corrected chi connectivity index (χ1v) is 8.88. The molecule has 0 fully saturated rings. The molecule has 0 amide bonds. The molecule has 2 aromatic carbocycles. The summed E-state index contributed by atoms with van der Waals surface area (Å²) in [4.78, 5) is 4.13. The number of aromatic nitrogens is 1. The molecule has 3 rings (SSSR count). The van der Waals surface area contributed by atoms with Gasteiger partial charge in [0.05, 0.1) is 7.11 Å². The van der Waals surface area contributed by atoms with Gasteiger partial charge in [0.2, 0.25) is 0 Å². The molecule has 1 heterocycles. The highest BCUT2D eigenvalue weighted by atomic mass is 35.5. The van der Waals surface area contributed by atoms with Crippen molar-refractivity contribution in [3.05, 3.63) is 88.7 Å².